The first-order valence-electron chi connectivity index (χ1n) is 5.00. The third-order valence-corrected chi connectivity index (χ3v) is 2.57. The van der Waals surface area contributed by atoms with Gasteiger partial charge < -0.3 is 4.74 Å². The molecule has 0 atom stereocenters. The number of hydrogen-bond donors (Lipinski definition) is 0. The van der Waals surface area contributed by atoms with Gasteiger partial charge in [-0.3, -0.25) is 9.78 Å². The van der Waals surface area contributed by atoms with Gasteiger partial charge in [0.1, 0.15) is 11.5 Å². The van der Waals surface area contributed by atoms with Gasteiger partial charge in [-0.1, -0.05) is 6.08 Å². The van der Waals surface area contributed by atoms with Crippen molar-refractivity contribution in [2.75, 3.05) is 7.11 Å². The topological polar surface area (TPSA) is 39.2 Å². The van der Waals surface area contributed by atoms with Crippen LogP contribution in [0.3, 0.4) is 0 Å². The summed E-state index contributed by atoms with van der Waals surface area (Å²) in [6.07, 6.45) is 7.48. The number of nitrogens with zero attached hydrogens (tertiary/aromatic N) is 1. The Bertz CT molecular complexity index is 410. The Morgan fingerprint density at radius 1 is 1.33 bits per heavy atom. The van der Waals surface area contributed by atoms with E-state index in [0.29, 0.717) is 18.6 Å². The molecule has 0 aliphatic heterocycles. The lowest BCUT2D eigenvalue weighted by molar-refractivity contribution is -0.118. The van der Waals surface area contributed by atoms with E-state index in [1.54, 1.807) is 13.3 Å². The summed E-state index contributed by atoms with van der Waals surface area (Å²) in [6, 6.07) is 1.95. The lowest BCUT2D eigenvalue weighted by Crippen LogP contribution is -2.03. The minimum atomic E-state index is 0.314. The van der Waals surface area contributed by atoms with Gasteiger partial charge in [0, 0.05) is 19.0 Å². The highest BCUT2D eigenvalue weighted by Gasteiger charge is 2.12. The summed E-state index contributed by atoms with van der Waals surface area (Å²) < 4.78 is 5.11. The number of pyridine rings is 1. The number of aromatic nitrogens is 1. The van der Waals surface area contributed by atoms with Crippen LogP contribution in [0.1, 0.15) is 24.8 Å². The Morgan fingerprint density at radius 2 is 2.20 bits per heavy atom. The number of Topliss-reactive ketones (excluding diaryl/α,β-unsaturated/α-hetero) is 1. The molecule has 0 spiro atoms. The highest BCUT2D eigenvalue weighted by Crippen LogP contribution is 2.26. The molecule has 3 nitrogen and oxygen atoms in total. The number of methoxy groups -OCH3 is 1. The van der Waals surface area contributed by atoms with Crippen LogP contribution in [-0.4, -0.2) is 17.9 Å². The van der Waals surface area contributed by atoms with Crippen LogP contribution in [-0.2, 0) is 4.79 Å². The summed E-state index contributed by atoms with van der Waals surface area (Å²) in [7, 11) is 1.62. The quantitative estimate of drug-likeness (QED) is 0.739. The van der Waals surface area contributed by atoms with Gasteiger partial charge in [0.2, 0.25) is 0 Å². The predicted molar refractivity (Wildman–Crippen MR) is 57.6 cm³/mol. The lowest BCUT2D eigenvalue weighted by atomic mass is 9.94. The monoisotopic (exact) mass is 203 g/mol. The number of hydrogen-bond acceptors (Lipinski definition) is 3. The maximum Gasteiger partial charge on any atom is 0.137 e. The molecule has 0 fully saturated rings. The minimum Gasteiger partial charge on any atom is -0.495 e. The fraction of sp³-hybridized carbons (Fsp3) is 0.333. The Morgan fingerprint density at radius 3 is 2.87 bits per heavy atom. The van der Waals surface area contributed by atoms with Crippen LogP contribution in [0.4, 0.5) is 0 Å². The van der Waals surface area contributed by atoms with Crippen molar-refractivity contribution >= 4 is 11.4 Å². The number of allylic oxidation sites excluding steroid dienone is 2. The zero-order chi connectivity index (χ0) is 10.7. The van der Waals surface area contributed by atoms with Crippen LogP contribution in [0.15, 0.2) is 24.5 Å². The molecule has 0 unspecified atom stereocenters. The van der Waals surface area contributed by atoms with E-state index >= 15 is 0 Å². The van der Waals surface area contributed by atoms with Gasteiger partial charge in [0.05, 0.1) is 13.3 Å². The van der Waals surface area contributed by atoms with Gasteiger partial charge in [-0.05, 0) is 23.6 Å². The Kier molecular flexibility index (Phi) is 2.81. The SMILES string of the molecule is COc1cncc(C2=CCC(=O)CC2)c1. The molecule has 78 valence electrons. The fourth-order valence-electron chi connectivity index (χ4n) is 1.68. The molecule has 0 amide bonds. The van der Waals surface area contributed by atoms with Crippen LogP contribution in [0.2, 0.25) is 0 Å². The van der Waals surface area contributed by atoms with Gasteiger partial charge in [-0.15, -0.1) is 0 Å². The molecule has 15 heavy (non-hydrogen) atoms. The van der Waals surface area contributed by atoms with E-state index in [2.05, 4.69) is 4.98 Å². The molecular weight excluding hydrogens is 190 g/mol. The van der Waals surface area contributed by atoms with Gasteiger partial charge in [0.15, 0.2) is 0 Å². The second-order valence-corrected chi connectivity index (χ2v) is 3.59. The molecule has 0 saturated heterocycles. The maximum atomic E-state index is 11.1. The maximum absolute atomic E-state index is 11.1. The Hall–Kier alpha value is -1.64. The van der Waals surface area contributed by atoms with E-state index in [9.17, 15) is 4.79 Å². The van der Waals surface area contributed by atoms with E-state index in [0.717, 1.165) is 17.7 Å². The third kappa shape index (κ3) is 2.24. The molecule has 3 heteroatoms. The van der Waals surface area contributed by atoms with E-state index < -0.39 is 0 Å². The minimum absolute atomic E-state index is 0.314. The Balaban J connectivity index is 2.25. The highest BCUT2D eigenvalue weighted by atomic mass is 16.5. The zero-order valence-corrected chi connectivity index (χ0v) is 8.69. The van der Waals surface area contributed by atoms with Gasteiger partial charge >= 0.3 is 0 Å². The molecule has 0 aromatic carbocycles. The summed E-state index contributed by atoms with van der Waals surface area (Å²) in [5, 5.41) is 0. The van der Waals surface area contributed by atoms with Crippen molar-refractivity contribution < 1.29 is 9.53 Å². The second kappa shape index (κ2) is 4.26. The summed E-state index contributed by atoms with van der Waals surface area (Å²) in [5.41, 5.74) is 2.25. The van der Waals surface area contributed by atoms with Crippen molar-refractivity contribution in [3.8, 4) is 5.75 Å². The van der Waals surface area contributed by atoms with Crippen molar-refractivity contribution in [3.63, 3.8) is 0 Å². The van der Waals surface area contributed by atoms with Gasteiger partial charge in [-0.25, -0.2) is 0 Å². The van der Waals surface area contributed by atoms with Crippen LogP contribution in [0, 0.1) is 0 Å². The van der Waals surface area contributed by atoms with Crippen molar-refractivity contribution in [2.45, 2.75) is 19.3 Å². The molecule has 0 N–H and O–H groups in total. The zero-order valence-electron chi connectivity index (χ0n) is 8.69. The normalized spacial score (nSPS) is 16.1. The summed E-state index contributed by atoms with van der Waals surface area (Å²) in [5.74, 6) is 1.07. The summed E-state index contributed by atoms with van der Waals surface area (Å²) in [4.78, 5) is 15.2. The highest BCUT2D eigenvalue weighted by molar-refractivity contribution is 5.86. The van der Waals surface area contributed by atoms with E-state index in [1.807, 2.05) is 18.3 Å². The largest absolute Gasteiger partial charge is 0.495 e. The molecule has 1 aliphatic rings. The standard InChI is InChI=1S/C12H13NO2/c1-15-12-6-10(7-13-8-12)9-2-4-11(14)5-3-9/h2,6-8H,3-5H2,1H3. The number of ketones is 1. The van der Waals surface area contributed by atoms with Gasteiger partial charge in [-0.2, -0.15) is 0 Å². The van der Waals surface area contributed by atoms with E-state index in [1.165, 1.54) is 5.57 Å². The van der Waals surface area contributed by atoms with E-state index in [-0.39, 0.29) is 0 Å². The molecule has 0 bridgehead atoms. The number of carbonyl (C=O) groups is 1. The average Bonchev–Trinajstić information content (AvgIpc) is 2.30. The number of ether oxygens (including phenoxy) is 1. The smallest absolute Gasteiger partial charge is 0.137 e. The number of rotatable bonds is 2. The van der Waals surface area contributed by atoms with Crippen LogP contribution < -0.4 is 4.74 Å². The summed E-state index contributed by atoms with van der Waals surface area (Å²) >= 11 is 0. The Labute approximate surface area is 88.8 Å². The molecule has 1 aliphatic carbocycles. The second-order valence-electron chi connectivity index (χ2n) is 3.59. The molecule has 1 aromatic rings. The first-order valence-corrected chi connectivity index (χ1v) is 5.00. The molecule has 1 heterocycles. The van der Waals surface area contributed by atoms with Crippen molar-refractivity contribution in [1.29, 1.82) is 0 Å². The fourth-order valence-corrected chi connectivity index (χ4v) is 1.68. The molecule has 0 radical (unpaired) electrons. The molecular formula is C12H13NO2. The first kappa shape index (κ1) is 9.90. The van der Waals surface area contributed by atoms with Crippen LogP contribution in [0.25, 0.3) is 5.57 Å². The predicted octanol–water partition coefficient (Wildman–Crippen LogP) is 2.23. The van der Waals surface area contributed by atoms with Crippen LogP contribution >= 0.6 is 0 Å². The van der Waals surface area contributed by atoms with Crippen molar-refractivity contribution in [2.24, 2.45) is 0 Å². The molecule has 1 aromatic heterocycles. The van der Waals surface area contributed by atoms with Crippen molar-refractivity contribution in [1.82, 2.24) is 4.98 Å². The third-order valence-electron chi connectivity index (χ3n) is 2.57. The number of carbonyl (C=O) groups excluding carboxylic acids is 1. The van der Waals surface area contributed by atoms with Gasteiger partial charge in [0.25, 0.3) is 0 Å². The summed E-state index contributed by atoms with van der Waals surface area (Å²) in [6.45, 7) is 0. The lowest BCUT2D eigenvalue weighted by Gasteiger charge is -2.12. The first-order chi connectivity index (χ1) is 7.29. The molecule has 2 rings (SSSR count). The van der Waals surface area contributed by atoms with Crippen molar-refractivity contribution in [3.05, 3.63) is 30.1 Å². The van der Waals surface area contributed by atoms with Crippen LogP contribution in [0.5, 0.6) is 5.75 Å². The molecule has 0 saturated carbocycles. The average molecular weight is 203 g/mol. The van der Waals surface area contributed by atoms with E-state index in [4.69, 9.17) is 4.74 Å².